The van der Waals surface area contributed by atoms with Crippen LogP contribution in [0.1, 0.15) is 56.4 Å². The number of likely N-dealkylation sites (tertiary alicyclic amines) is 1. The molecule has 1 N–H and O–H groups in total. The van der Waals surface area contributed by atoms with Crippen molar-refractivity contribution in [2.24, 2.45) is 0 Å². The van der Waals surface area contributed by atoms with Gasteiger partial charge in [-0.1, -0.05) is 31.7 Å². The Labute approximate surface area is 138 Å². The van der Waals surface area contributed by atoms with Crippen molar-refractivity contribution >= 4 is 0 Å². The van der Waals surface area contributed by atoms with E-state index in [1.165, 1.54) is 44.1 Å². The van der Waals surface area contributed by atoms with E-state index in [0.717, 1.165) is 31.0 Å². The van der Waals surface area contributed by atoms with Gasteiger partial charge in [-0.25, -0.2) is 0 Å². The molecule has 0 unspecified atom stereocenters. The van der Waals surface area contributed by atoms with Crippen LogP contribution in [0, 0.1) is 0 Å². The van der Waals surface area contributed by atoms with Crippen molar-refractivity contribution in [3.8, 4) is 11.5 Å². The van der Waals surface area contributed by atoms with Crippen molar-refractivity contribution in [2.75, 3.05) is 19.9 Å². The molecule has 2 fully saturated rings. The Morgan fingerprint density at radius 2 is 1.74 bits per heavy atom. The van der Waals surface area contributed by atoms with Gasteiger partial charge in [-0.15, -0.1) is 0 Å². The summed E-state index contributed by atoms with van der Waals surface area (Å²) in [6, 6.07) is 6.80. The minimum absolute atomic E-state index is 0.214. The summed E-state index contributed by atoms with van der Waals surface area (Å²) in [6.45, 7) is 2.21. The highest BCUT2D eigenvalue weighted by molar-refractivity contribution is 5.45. The Morgan fingerprint density at radius 1 is 0.957 bits per heavy atom. The average Bonchev–Trinajstić information content (AvgIpc) is 2.86. The molecule has 4 nitrogen and oxygen atoms in total. The zero-order valence-corrected chi connectivity index (χ0v) is 13.7. The van der Waals surface area contributed by atoms with Gasteiger partial charge in [0.25, 0.3) is 0 Å². The van der Waals surface area contributed by atoms with Crippen LogP contribution in [0.3, 0.4) is 0 Å². The number of benzene rings is 1. The highest BCUT2D eigenvalue weighted by atomic mass is 16.7. The summed E-state index contributed by atoms with van der Waals surface area (Å²) in [5.74, 6) is 1.85. The van der Waals surface area contributed by atoms with E-state index in [-0.39, 0.29) is 12.0 Å². The Kier molecular flexibility index (Phi) is 4.45. The van der Waals surface area contributed by atoms with Gasteiger partial charge in [0.05, 0.1) is 6.10 Å². The van der Waals surface area contributed by atoms with Gasteiger partial charge in [0, 0.05) is 18.5 Å². The van der Waals surface area contributed by atoms with Crippen molar-refractivity contribution in [3.05, 3.63) is 23.8 Å². The third kappa shape index (κ3) is 3.20. The van der Waals surface area contributed by atoms with E-state index in [9.17, 15) is 5.11 Å². The first-order valence-corrected chi connectivity index (χ1v) is 9.13. The van der Waals surface area contributed by atoms with Crippen molar-refractivity contribution in [1.82, 2.24) is 4.90 Å². The van der Waals surface area contributed by atoms with E-state index < -0.39 is 0 Å². The summed E-state index contributed by atoms with van der Waals surface area (Å²) in [4.78, 5) is 2.54. The van der Waals surface area contributed by atoms with Crippen molar-refractivity contribution < 1.29 is 14.6 Å². The molecule has 0 bridgehead atoms. The maximum Gasteiger partial charge on any atom is 0.231 e. The molecule has 1 saturated heterocycles. The SMILES string of the molecule is O[C@@H]1CN(C2CCCCCC2)CC[C@H]1c1ccc2c(c1)OCO2. The molecule has 4 heteroatoms. The number of rotatable bonds is 2. The highest BCUT2D eigenvalue weighted by Gasteiger charge is 2.33. The van der Waals surface area contributed by atoms with Gasteiger partial charge >= 0.3 is 0 Å². The zero-order valence-electron chi connectivity index (χ0n) is 13.7. The number of hydrogen-bond acceptors (Lipinski definition) is 4. The molecular weight excluding hydrogens is 290 g/mol. The molecule has 2 aliphatic heterocycles. The quantitative estimate of drug-likeness (QED) is 0.850. The van der Waals surface area contributed by atoms with Gasteiger partial charge in [-0.3, -0.25) is 4.90 Å². The molecule has 1 aliphatic carbocycles. The minimum atomic E-state index is -0.285. The van der Waals surface area contributed by atoms with E-state index in [1.54, 1.807) is 0 Å². The molecule has 1 saturated carbocycles. The first-order valence-electron chi connectivity index (χ1n) is 9.13. The molecule has 4 rings (SSSR count). The van der Waals surface area contributed by atoms with Gasteiger partial charge in [0.2, 0.25) is 6.79 Å². The summed E-state index contributed by atoms with van der Waals surface area (Å²) in [6.07, 6.45) is 8.82. The van der Waals surface area contributed by atoms with Gasteiger partial charge < -0.3 is 14.6 Å². The largest absolute Gasteiger partial charge is 0.454 e. The Hall–Kier alpha value is -1.26. The average molecular weight is 317 g/mol. The van der Waals surface area contributed by atoms with Crippen molar-refractivity contribution in [3.63, 3.8) is 0 Å². The van der Waals surface area contributed by atoms with Crippen LogP contribution in [0.4, 0.5) is 0 Å². The van der Waals surface area contributed by atoms with Crippen LogP contribution in [0.15, 0.2) is 18.2 Å². The third-order valence-electron chi connectivity index (χ3n) is 5.78. The number of aliphatic hydroxyl groups is 1. The van der Waals surface area contributed by atoms with E-state index in [1.807, 2.05) is 6.07 Å². The molecule has 3 aliphatic rings. The third-order valence-corrected chi connectivity index (χ3v) is 5.78. The number of β-amino-alcohol motifs (C(OH)–C–C–N with tert-alkyl or cyclic N) is 1. The predicted molar refractivity (Wildman–Crippen MR) is 89.0 cm³/mol. The second-order valence-electron chi connectivity index (χ2n) is 7.22. The number of ether oxygens (including phenoxy) is 2. The van der Waals surface area contributed by atoms with Crippen LogP contribution in [-0.2, 0) is 0 Å². The molecule has 0 aromatic heterocycles. The lowest BCUT2D eigenvalue weighted by Gasteiger charge is -2.40. The van der Waals surface area contributed by atoms with Gasteiger partial charge in [-0.05, 0) is 43.5 Å². The number of hydrogen-bond donors (Lipinski definition) is 1. The Balaban J connectivity index is 1.43. The second-order valence-corrected chi connectivity index (χ2v) is 7.22. The Bertz CT molecular complexity index is 539. The lowest BCUT2D eigenvalue weighted by molar-refractivity contribution is 0.0260. The minimum Gasteiger partial charge on any atom is -0.454 e. The van der Waals surface area contributed by atoms with Crippen LogP contribution in [-0.4, -0.2) is 42.0 Å². The van der Waals surface area contributed by atoms with E-state index in [0.29, 0.717) is 12.8 Å². The Morgan fingerprint density at radius 3 is 2.52 bits per heavy atom. The van der Waals surface area contributed by atoms with Crippen LogP contribution >= 0.6 is 0 Å². The number of aliphatic hydroxyl groups excluding tert-OH is 1. The molecule has 0 radical (unpaired) electrons. The molecule has 23 heavy (non-hydrogen) atoms. The van der Waals surface area contributed by atoms with E-state index in [4.69, 9.17) is 9.47 Å². The predicted octanol–water partition coefficient (Wildman–Crippen LogP) is 3.29. The summed E-state index contributed by atoms with van der Waals surface area (Å²) < 4.78 is 10.9. The maximum absolute atomic E-state index is 10.7. The lowest BCUT2D eigenvalue weighted by Crippen LogP contribution is -2.47. The van der Waals surface area contributed by atoms with E-state index in [2.05, 4.69) is 17.0 Å². The summed E-state index contributed by atoms with van der Waals surface area (Å²) in [5, 5.41) is 10.7. The molecule has 1 aromatic carbocycles. The summed E-state index contributed by atoms with van der Waals surface area (Å²) in [5.41, 5.74) is 1.18. The summed E-state index contributed by atoms with van der Waals surface area (Å²) in [7, 11) is 0. The van der Waals surface area contributed by atoms with Crippen molar-refractivity contribution in [1.29, 1.82) is 0 Å². The van der Waals surface area contributed by atoms with Gasteiger partial charge in [0.1, 0.15) is 0 Å². The van der Waals surface area contributed by atoms with Crippen LogP contribution in [0.2, 0.25) is 0 Å². The van der Waals surface area contributed by atoms with Crippen LogP contribution in [0.5, 0.6) is 11.5 Å². The number of nitrogens with zero attached hydrogens (tertiary/aromatic N) is 1. The topological polar surface area (TPSA) is 41.9 Å². The monoisotopic (exact) mass is 317 g/mol. The molecule has 0 amide bonds. The van der Waals surface area contributed by atoms with Gasteiger partial charge in [0.15, 0.2) is 11.5 Å². The fraction of sp³-hybridized carbons (Fsp3) is 0.684. The highest BCUT2D eigenvalue weighted by Crippen LogP contribution is 2.38. The first-order chi connectivity index (χ1) is 11.3. The molecule has 2 heterocycles. The number of piperidine rings is 1. The second kappa shape index (κ2) is 6.70. The van der Waals surface area contributed by atoms with Crippen LogP contribution in [0.25, 0.3) is 0 Å². The smallest absolute Gasteiger partial charge is 0.231 e. The number of fused-ring (bicyclic) bond motifs is 1. The standard InChI is InChI=1S/C19H27NO3/c21-17-12-20(15-5-3-1-2-4-6-15)10-9-16(17)14-7-8-18-19(11-14)23-13-22-18/h7-8,11,15-17,21H,1-6,9-10,12-13H2/t16-,17+/m0/s1. The molecule has 0 spiro atoms. The maximum atomic E-state index is 10.7. The van der Waals surface area contributed by atoms with Crippen molar-refractivity contribution in [2.45, 2.75) is 63.0 Å². The van der Waals surface area contributed by atoms with Crippen LogP contribution < -0.4 is 9.47 Å². The molecule has 126 valence electrons. The zero-order chi connectivity index (χ0) is 15.6. The molecule has 2 atom stereocenters. The molecular formula is C19H27NO3. The lowest BCUT2D eigenvalue weighted by atomic mass is 9.86. The van der Waals surface area contributed by atoms with E-state index >= 15 is 0 Å². The van der Waals surface area contributed by atoms with Gasteiger partial charge in [-0.2, -0.15) is 0 Å². The normalized spacial score (nSPS) is 29.4. The summed E-state index contributed by atoms with van der Waals surface area (Å²) >= 11 is 0. The molecule has 1 aromatic rings. The fourth-order valence-electron chi connectivity index (χ4n) is 4.44. The fourth-order valence-corrected chi connectivity index (χ4v) is 4.44. The first kappa shape index (κ1) is 15.3.